The molecule has 21 heavy (non-hydrogen) atoms. The molecule has 110 valence electrons. The Morgan fingerprint density at radius 2 is 2.24 bits per heavy atom. The van der Waals surface area contributed by atoms with Gasteiger partial charge in [0.1, 0.15) is 5.02 Å². The smallest absolute Gasteiger partial charge is 0.238 e. The van der Waals surface area contributed by atoms with E-state index < -0.39 is 5.82 Å². The number of hydrogen-bond donors (Lipinski definition) is 1. The number of pyridine rings is 1. The minimum Gasteiger partial charge on any atom is -0.434 e. The molecule has 1 aliphatic rings. The van der Waals surface area contributed by atoms with Crippen molar-refractivity contribution in [2.24, 2.45) is 0 Å². The van der Waals surface area contributed by atoms with Gasteiger partial charge in [-0.05, 0) is 43.0 Å². The molecule has 2 aromatic rings. The number of aryl methyl sites for hydroxylation is 1. The number of hydrogen-bond acceptors (Lipinski definition) is 3. The van der Waals surface area contributed by atoms with Gasteiger partial charge in [0, 0.05) is 18.8 Å². The first kappa shape index (κ1) is 14.3. The zero-order chi connectivity index (χ0) is 14.8. The van der Waals surface area contributed by atoms with Gasteiger partial charge in [0.2, 0.25) is 5.88 Å². The molecule has 0 amide bonds. The van der Waals surface area contributed by atoms with Crippen LogP contribution in [0.3, 0.4) is 0 Å². The van der Waals surface area contributed by atoms with Crippen molar-refractivity contribution >= 4 is 11.6 Å². The molecule has 0 atom stereocenters. The van der Waals surface area contributed by atoms with E-state index >= 15 is 0 Å². The van der Waals surface area contributed by atoms with Crippen molar-refractivity contribution in [1.29, 1.82) is 0 Å². The molecule has 3 rings (SSSR count). The van der Waals surface area contributed by atoms with E-state index in [0.717, 1.165) is 12.1 Å². The molecule has 1 aromatic carbocycles. The second-order valence-corrected chi connectivity index (χ2v) is 5.68. The Kier molecular flexibility index (Phi) is 4.08. The largest absolute Gasteiger partial charge is 0.434 e. The van der Waals surface area contributed by atoms with Crippen LogP contribution in [0.25, 0.3) is 0 Å². The Balaban J connectivity index is 1.74. The molecule has 0 radical (unpaired) electrons. The summed E-state index contributed by atoms with van der Waals surface area (Å²) in [5.41, 5.74) is 1.51. The molecule has 1 aliphatic carbocycles. The maximum absolute atomic E-state index is 13.9. The van der Waals surface area contributed by atoms with E-state index in [-0.39, 0.29) is 11.6 Å². The van der Waals surface area contributed by atoms with Gasteiger partial charge in [-0.2, -0.15) is 0 Å². The monoisotopic (exact) mass is 306 g/mol. The fraction of sp³-hybridized carbons (Fsp3) is 0.312. The quantitative estimate of drug-likeness (QED) is 0.897. The van der Waals surface area contributed by atoms with Crippen LogP contribution >= 0.6 is 11.6 Å². The first-order valence-corrected chi connectivity index (χ1v) is 7.32. The highest BCUT2D eigenvalue weighted by Gasteiger charge is 2.20. The third kappa shape index (κ3) is 3.52. The fourth-order valence-corrected chi connectivity index (χ4v) is 2.22. The van der Waals surface area contributed by atoms with Crippen LogP contribution in [0.1, 0.15) is 24.0 Å². The van der Waals surface area contributed by atoms with E-state index in [1.807, 2.05) is 0 Å². The summed E-state index contributed by atoms with van der Waals surface area (Å²) in [6, 6.07) is 7.40. The highest BCUT2D eigenvalue weighted by molar-refractivity contribution is 6.31. The van der Waals surface area contributed by atoms with Crippen molar-refractivity contribution in [2.45, 2.75) is 32.4 Å². The number of ether oxygens (including phenoxy) is 1. The first-order chi connectivity index (χ1) is 10.1. The summed E-state index contributed by atoms with van der Waals surface area (Å²) in [7, 11) is 0. The minimum atomic E-state index is -0.394. The van der Waals surface area contributed by atoms with Gasteiger partial charge in [-0.25, -0.2) is 9.37 Å². The average Bonchev–Trinajstić information content (AvgIpc) is 3.28. The number of nitrogens with zero attached hydrogens (tertiary/aromatic N) is 1. The number of nitrogens with one attached hydrogen (secondary N) is 1. The molecule has 3 nitrogen and oxygen atoms in total. The van der Waals surface area contributed by atoms with Gasteiger partial charge in [-0.15, -0.1) is 0 Å². The molecule has 1 aromatic heterocycles. The van der Waals surface area contributed by atoms with Gasteiger partial charge in [-0.3, -0.25) is 0 Å². The van der Waals surface area contributed by atoms with E-state index in [0.29, 0.717) is 16.6 Å². The molecule has 1 N–H and O–H groups in total. The lowest BCUT2D eigenvalue weighted by molar-refractivity contribution is 0.425. The van der Waals surface area contributed by atoms with E-state index in [1.54, 1.807) is 37.4 Å². The molecule has 0 spiro atoms. The van der Waals surface area contributed by atoms with Crippen LogP contribution in [0.4, 0.5) is 4.39 Å². The highest BCUT2D eigenvalue weighted by Crippen LogP contribution is 2.30. The van der Waals surface area contributed by atoms with Crippen molar-refractivity contribution in [2.75, 3.05) is 0 Å². The van der Waals surface area contributed by atoms with Crippen LogP contribution in [-0.2, 0) is 6.54 Å². The van der Waals surface area contributed by atoms with E-state index in [4.69, 9.17) is 16.3 Å². The van der Waals surface area contributed by atoms with Gasteiger partial charge in [0.15, 0.2) is 11.6 Å². The van der Waals surface area contributed by atoms with E-state index in [2.05, 4.69) is 10.3 Å². The Hall–Kier alpha value is -1.65. The number of rotatable bonds is 5. The lowest BCUT2D eigenvalue weighted by Crippen LogP contribution is -2.15. The molecule has 0 saturated heterocycles. The van der Waals surface area contributed by atoms with E-state index in [1.165, 1.54) is 12.8 Å². The highest BCUT2D eigenvalue weighted by atomic mass is 35.5. The first-order valence-electron chi connectivity index (χ1n) is 6.94. The SMILES string of the molecule is Cc1cccc(Oc2ncc(CNC3CC3)cc2Cl)c1F. The van der Waals surface area contributed by atoms with Crippen LogP contribution in [0.5, 0.6) is 11.6 Å². The van der Waals surface area contributed by atoms with Crippen LogP contribution in [0.15, 0.2) is 30.5 Å². The molecule has 0 unspecified atom stereocenters. The molecule has 1 saturated carbocycles. The Morgan fingerprint density at radius 1 is 1.43 bits per heavy atom. The van der Waals surface area contributed by atoms with Crippen molar-refractivity contribution in [3.63, 3.8) is 0 Å². The summed E-state index contributed by atoms with van der Waals surface area (Å²) >= 11 is 6.16. The molecular weight excluding hydrogens is 291 g/mol. The normalized spacial score (nSPS) is 14.2. The molecule has 1 heterocycles. The lowest BCUT2D eigenvalue weighted by atomic mass is 10.2. The fourth-order valence-electron chi connectivity index (χ4n) is 1.99. The third-order valence-electron chi connectivity index (χ3n) is 3.40. The minimum absolute atomic E-state index is 0.133. The predicted octanol–water partition coefficient (Wildman–Crippen LogP) is 4.23. The standard InChI is InChI=1S/C16H16ClFN2O/c1-10-3-2-4-14(15(10)18)21-16-13(17)7-11(9-20-16)8-19-12-5-6-12/h2-4,7,9,12,19H,5-6,8H2,1H3. The number of halogens is 2. The number of aromatic nitrogens is 1. The molecule has 0 bridgehead atoms. The molecule has 0 aliphatic heterocycles. The summed E-state index contributed by atoms with van der Waals surface area (Å²) in [6.45, 7) is 2.42. The van der Waals surface area contributed by atoms with Crippen molar-refractivity contribution in [3.8, 4) is 11.6 Å². The van der Waals surface area contributed by atoms with Gasteiger partial charge < -0.3 is 10.1 Å². The molecule has 5 heteroatoms. The second kappa shape index (κ2) is 6.00. The van der Waals surface area contributed by atoms with Crippen LogP contribution in [0.2, 0.25) is 5.02 Å². The topological polar surface area (TPSA) is 34.1 Å². The summed E-state index contributed by atoms with van der Waals surface area (Å²) in [6.07, 6.45) is 4.16. The van der Waals surface area contributed by atoms with Crippen LogP contribution < -0.4 is 10.1 Å². The van der Waals surface area contributed by atoms with Gasteiger partial charge in [0.25, 0.3) is 0 Å². The van der Waals surface area contributed by atoms with Crippen molar-refractivity contribution in [3.05, 3.63) is 52.4 Å². The van der Waals surface area contributed by atoms with Crippen molar-refractivity contribution < 1.29 is 9.13 Å². The Labute approximate surface area is 128 Å². The zero-order valence-corrected chi connectivity index (χ0v) is 12.5. The van der Waals surface area contributed by atoms with Crippen molar-refractivity contribution in [1.82, 2.24) is 10.3 Å². The lowest BCUT2D eigenvalue weighted by Gasteiger charge is -2.10. The maximum atomic E-state index is 13.9. The molecular formula is C16H16ClFN2O. The Morgan fingerprint density at radius 3 is 2.95 bits per heavy atom. The van der Waals surface area contributed by atoms with Gasteiger partial charge >= 0.3 is 0 Å². The van der Waals surface area contributed by atoms with Crippen LogP contribution in [-0.4, -0.2) is 11.0 Å². The number of benzene rings is 1. The zero-order valence-electron chi connectivity index (χ0n) is 11.7. The summed E-state index contributed by atoms with van der Waals surface area (Å²) in [4.78, 5) is 4.18. The molecule has 1 fully saturated rings. The summed E-state index contributed by atoms with van der Waals surface area (Å²) in [5.74, 6) is -0.0422. The summed E-state index contributed by atoms with van der Waals surface area (Å²) in [5, 5.41) is 3.77. The average molecular weight is 307 g/mol. The second-order valence-electron chi connectivity index (χ2n) is 5.27. The maximum Gasteiger partial charge on any atom is 0.238 e. The van der Waals surface area contributed by atoms with E-state index in [9.17, 15) is 4.39 Å². The summed E-state index contributed by atoms with van der Waals surface area (Å²) < 4.78 is 19.4. The predicted molar refractivity (Wildman–Crippen MR) is 80.3 cm³/mol. The van der Waals surface area contributed by atoms with Crippen LogP contribution in [0, 0.1) is 12.7 Å². The third-order valence-corrected chi connectivity index (χ3v) is 3.67. The van der Waals surface area contributed by atoms with Gasteiger partial charge in [-0.1, -0.05) is 23.7 Å². The Bertz CT molecular complexity index is 659. The van der Waals surface area contributed by atoms with Gasteiger partial charge in [0.05, 0.1) is 0 Å².